The van der Waals surface area contributed by atoms with E-state index in [0.717, 1.165) is 47.9 Å². The quantitative estimate of drug-likeness (QED) is 0.528. The number of aromatic amines is 1. The van der Waals surface area contributed by atoms with Crippen molar-refractivity contribution in [2.75, 3.05) is 27.2 Å². The number of para-hydroxylation sites is 1. The molecule has 1 atom stereocenters. The predicted octanol–water partition coefficient (Wildman–Crippen LogP) is 4.15. The number of ether oxygens (including phenoxy) is 1. The summed E-state index contributed by atoms with van der Waals surface area (Å²) in [5.41, 5.74) is 4.96. The van der Waals surface area contributed by atoms with Crippen LogP contribution < -0.4 is 4.74 Å². The number of aromatic nitrogens is 4. The lowest BCUT2D eigenvalue weighted by Gasteiger charge is -2.26. The Balaban J connectivity index is 1.62. The van der Waals surface area contributed by atoms with Gasteiger partial charge in [-0.25, -0.2) is 9.37 Å². The maximum atomic E-state index is 15.0. The number of nitrogens with one attached hydrogen (secondary N) is 1. The predicted molar refractivity (Wildman–Crippen MR) is 119 cm³/mol. The third kappa shape index (κ3) is 3.59. The van der Waals surface area contributed by atoms with Crippen LogP contribution in [0.25, 0.3) is 22.2 Å². The minimum Gasteiger partial charge on any atom is -0.493 e. The van der Waals surface area contributed by atoms with Gasteiger partial charge in [0.25, 0.3) is 0 Å². The lowest BCUT2D eigenvalue weighted by atomic mass is 9.96. The number of imidazole rings is 1. The Morgan fingerprint density at radius 1 is 1.23 bits per heavy atom. The van der Waals surface area contributed by atoms with Crippen LogP contribution in [0.5, 0.6) is 5.75 Å². The molecule has 4 aromatic rings. The van der Waals surface area contributed by atoms with Crippen molar-refractivity contribution in [1.29, 1.82) is 0 Å². The minimum atomic E-state index is -0.286. The standard InChI is InChI=1S/C24H26FN5O/c1-15-19(13-26-28-15)18-11-22-21(12-20(18)25)27-24(30(22)9-8-29(2)3)17-10-16-6-4-5-7-23(16)31-14-17/h4-7,11-13,17H,8-10,14H2,1-3H3,(H,26,28). The van der Waals surface area contributed by atoms with E-state index >= 15 is 4.39 Å². The zero-order chi connectivity index (χ0) is 21.5. The highest BCUT2D eigenvalue weighted by Crippen LogP contribution is 2.35. The van der Waals surface area contributed by atoms with Gasteiger partial charge in [-0.05, 0) is 45.1 Å². The van der Waals surface area contributed by atoms with Crippen molar-refractivity contribution in [3.05, 3.63) is 65.5 Å². The van der Waals surface area contributed by atoms with E-state index in [2.05, 4.69) is 39.8 Å². The molecule has 5 rings (SSSR count). The second-order valence-corrected chi connectivity index (χ2v) is 8.47. The van der Waals surface area contributed by atoms with Crippen molar-refractivity contribution in [2.24, 2.45) is 0 Å². The van der Waals surface area contributed by atoms with Gasteiger partial charge in [0.1, 0.15) is 17.4 Å². The van der Waals surface area contributed by atoms with Crippen LogP contribution in [0.2, 0.25) is 0 Å². The summed E-state index contributed by atoms with van der Waals surface area (Å²) in [5, 5.41) is 6.97. The molecule has 31 heavy (non-hydrogen) atoms. The molecule has 0 bridgehead atoms. The van der Waals surface area contributed by atoms with Gasteiger partial charge in [-0.3, -0.25) is 5.10 Å². The van der Waals surface area contributed by atoms with Gasteiger partial charge < -0.3 is 14.2 Å². The monoisotopic (exact) mass is 419 g/mol. The smallest absolute Gasteiger partial charge is 0.133 e. The Hall–Kier alpha value is -3.19. The van der Waals surface area contributed by atoms with Crippen LogP contribution in [0.3, 0.4) is 0 Å². The lowest BCUT2D eigenvalue weighted by Crippen LogP contribution is -2.25. The molecule has 0 saturated carbocycles. The van der Waals surface area contributed by atoms with Gasteiger partial charge in [0.15, 0.2) is 0 Å². The van der Waals surface area contributed by atoms with Crippen LogP contribution in [0.15, 0.2) is 42.6 Å². The zero-order valence-electron chi connectivity index (χ0n) is 18.0. The third-order valence-electron chi connectivity index (χ3n) is 6.00. The molecule has 1 aliphatic rings. The Bertz CT molecular complexity index is 1240. The molecule has 0 spiro atoms. The van der Waals surface area contributed by atoms with Gasteiger partial charge in [-0.15, -0.1) is 0 Å². The van der Waals surface area contributed by atoms with Crippen LogP contribution in [0, 0.1) is 12.7 Å². The molecular weight excluding hydrogens is 393 g/mol. The highest BCUT2D eigenvalue weighted by atomic mass is 19.1. The van der Waals surface area contributed by atoms with Crippen molar-refractivity contribution >= 4 is 11.0 Å². The second kappa shape index (κ2) is 7.81. The van der Waals surface area contributed by atoms with Crippen LogP contribution in [-0.2, 0) is 13.0 Å². The molecule has 7 heteroatoms. The van der Waals surface area contributed by atoms with E-state index in [4.69, 9.17) is 9.72 Å². The lowest BCUT2D eigenvalue weighted by molar-refractivity contribution is 0.254. The number of rotatable bonds is 5. The highest BCUT2D eigenvalue weighted by Gasteiger charge is 2.27. The summed E-state index contributed by atoms with van der Waals surface area (Å²) in [6.07, 6.45) is 2.53. The van der Waals surface area contributed by atoms with E-state index in [-0.39, 0.29) is 11.7 Å². The van der Waals surface area contributed by atoms with Crippen molar-refractivity contribution in [1.82, 2.24) is 24.6 Å². The van der Waals surface area contributed by atoms with E-state index in [9.17, 15) is 0 Å². The number of hydrogen-bond acceptors (Lipinski definition) is 4. The molecule has 0 amide bonds. The van der Waals surface area contributed by atoms with Gasteiger partial charge in [0, 0.05) is 36.0 Å². The second-order valence-electron chi connectivity index (χ2n) is 8.47. The van der Waals surface area contributed by atoms with Gasteiger partial charge in [0.05, 0.1) is 29.8 Å². The SMILES string of the molecule is Cc1[nH]ncc1-c1cc2c(cc1F)nc(C1COc3ccccc3C1)n2CCN(C)C. The molecule has 0 fully saturated rings. The molecular formula is C24H26FN5O. The van der Waals surface area contributed by atoms with Crippen LogP contribution in [0.4, 0.5) is 4.39 Å². The van der Waals surface area contributed by atoms with Crippen LogP contribution in [0.1, 0.15) is 23.0 Å². The summed E-state index contributed by atoms with van der Waals surface area (Å²) in [4.78, 5) is 7.04. The molecule has 1 N–H and O–H groups in total. The summed E-state index contributed by atoms with van der Waals surface area (Å²) in [6.45, 7) is 4.10. The Kier molecular flexibility index (Phi) is 4.98. The van der Waals surface area contributed by atoms with Crippen LogP contribution in [-0.4, -0.2) is 51.9 Å². The fraction of sp³-hybridized carbons (Fsp3) is 0.333. The average Bonchev–Trinajstić information content (AvgIpc) is 3.34. The number of benzene rings is 2. The summed E-state index contributed by atoms with van der Waals surface area (Å²) in [7, 11) is 4.11. The van der Waals surface area contributed by atoms with Crippen molar-refractivity contribution < 1.29 is 9.13 Å². The van der Waals surface area contributed by atoms with E-state index in [1.807, 2.05) is 31.2 Å². The number of halogens is 1. The maximum absolute atomic E-state index is 15.0. The molecule has 0 aliphatic carbocycles. The first-order valence-corrected chi connectivity index (χ1v) is 10.6. The Morgan fingerprint density at radius 3 is 2.84 bits per heavy atom. The Morgan fingerprint density at radius 2 is 2.06 bits per heavy atom. The van der Waals surface area contributed by atoms with E-state index in [0.29, 0.717) is 17.7 Å². The highest BCUT2D eigenvalue weighted by molar-refractivity contribution is 5.83. The van der Waals surface area contributed by atoms with Crippen molar-refractivity contribution in [2.45, 2.75) is 25.8 Å². The molecule has 2 aromatic heterocycles. The first-order chi connectivity index (χ1) is 15.0. The number of likely N-dealkylation sites (N-methyl/N-ethyl adjacent to an activating group) is 1. The van der Waals surface area contributed by atoms with Crippen LogP contribution >= 0.6 is 0 Å². The third-order valence-corrected chi connectivity index (χ3v) is 6.00. The molecule has 1 aliphatic heterocycles. The number of hydrogen-bond donors (Lipinski definition) is 1. The van der Waals surface area contributed by atoms with Crippen molar-refractivity contribution in [3.8, 4) is 16.9 Å². The van der Waals surface area contributed by atoms with Crippen molar-refractivity contribution in [3.63, 3.8) is 0 Å². The average molecular weight is 420 g/mol. The molecule has 3 heterocycles. The summed E-state index contributed by atoms with van der Waals surface area (Å²) < 4.78 is 23.3. The molecule has 0 saturated heterocycles. The van der Waals surface area contributed by atoms with Gasteiger partial charge in [-0.1, -0.05) is 18.2 Å². The molecule has 1 unspecified atom stereocenters. The molecule has 160 valence electrons. The summed E-state index contributed by atoms with van der Waals surface area (Å²) >= 11 is 0. The number of nitrogens with zero attached hydrogens (tertiary/aromatic N) is 4. The number of fused-ring (bicyclic) bond motifs is 2. The first-order valence-electron chi connectivity index (χ1n) is 10.6. The first kappa shape index (κ1) is 19.8. The molecule has 0 radical (unpaired) electrons. The van der Waals surface area contributed by atoms with Gasteiger partial charge in [-0.2, -0.15) is 5.10 Å². The minimum absolute atomic E-state index is 0.117. The van der Waals surface area contributed by atoms with E-state index < -0.39 is 0 Å². The fourth-order valence-corrected chi connectivity index (χ4v) is 4.33. The van der Waals surface area contributed by atoms with E-state index in [1.54, 1.807) is 12.3 Å². The van der Waals surface area contributed by atoms with Gasteiger partial charge in [0.2, 0.25) is 0 Å². The molecule has 2 aromatic carbocycles. The van der Waals surface area contributed by atoms with E-state index in [1.165, 1.54) is 5.56 Å². The fourth-order valence-electron chi connectivity index (χ4n) is 4.33. The zero-order valence-corrected chi connectivity index (χ0v) is 18.0. The van der Waals surface area contributed by atoms with Gasteiger partial charge >= 0.3 is 0 Å². The summed E-state index contributed by atoms with van der Waals surface area (Å²) in [6, 6.07) is 11.6. The maximum Gasteiger partial charge on any atom is 0.133 e. The number of H-pyrrole nitrogens is 1. The molecule has 6 nitrogen and oxygen atoms in total. The topological polar surface area (TPSA) is 59.0 Å². The normalized spacial score (nSPS) is 16.0. The largest absolute Gasteiger partial charge is 0.493 e. The summed E-state index contributed by atoms with van der Waals surface area (Å²) in [5.74, 6) is 1.72. The Labute approximate surface area is 180 Å². The number of aryl methyl sites for hydroxylation is 1.